The summed E-state index contributed by atoms with van der Waals surface area (Å²) in [4.78, 5) is 23.5. The van der Waals surface area contributed by atoms with Crippen LogP contribution in [0, 0.1) is 11.3 Å². The van der Waals surface area contributed by atoms with Crippen molar-refractivity contribution in [1.82, 2.24) is 5.32 Å². The highest BCUT2D eigenvalue weighted by molar-refractivity contribution is 6.00. The van der Waals surface area contributed by atoms with E-state index in [4.69, 9.17) is 10.5 Å². The molecule has 0 heterocycles. The largest absolute Gasteiger partial charge is 0.497 e. The van der Waals surface area contributed by atoms with E-state index >= 15 is 0 Å². The highest BCUT2D eigenvalue weighted by Crippen LogP contribution is 2.15. The molecule has 0 aliphatic carbocycles. The van der Waals surface area contributed by atoms with Crippen LogP contribution in [0.3, 0.4) is 0 Å². The smallest absolute Gasteiger partial charge is 0.263 e. The number of nitrogens with zero attached hydrogens (tertiary/aromatic N) is 1. The van der Waals surface area contributed by atoms with Crippen molar-refractivity contribution in [2.45, 2.75) is 6.54 Å². The second-order valence-electron chi connectivity index (χ2n) is 5.25. The Bertz CT molecular complexity index is 867. The van der Waals surface area contributed by atoms with Crippen molar-refractivity contribution >= 4 is 17.5 Å². The van der Waals surface area contributed by atoms with Gasteiger partial charge in [-0.2, -0.15) is 5.26 Å². The zero-order chi connectivity index (χ0) is 18.9. The fraction of sp³-hybridized carbons (Fsp3) is 0.105. The lowest BCUT2D eigenvalue weighted by Gasteiger charge is -2.08. The zero-order valence-corrected chi connectivity index (χ0v) is 14.2. The summed E-state index contributed by atoms with van der Waals surface area (Å²) in [6.45, 7) is 0.264. The standard InChI is InChI=1S/C19H18N4O3/c1-26-15-8-6-13(7-9-15)11-23-19(25)14(10-20)12-22-17-5-3-2-4-16(17)18(21)24/h2-9,12,22H,11H2,1H3,(H2,21,24)(H,23,25)/b14-12-. The molecular formula is C19H18N4O3. The number of primary amides is 1. The average molecular weight is 350 g/mol. The van der Waals surface area contributed by atoms with E-state index in [0.29, 0.717) is 5.69 Å². The summed E-state index contributed by atoms with van der Waals surface area (Å²) in [7, 11) is 1.57. The fourth-order valence-electron chi connectivity index (χ4n) is 2.14. The van der Waals surface area contributed by atoms with Crippen molar-refractivity contribution in [3.63, 3.8) is 0 Å². The molecule has 0 aromatic heterocycles. The molecule has 2 rings (SSSR count). The van der Waals surface area contributed by atoms with Crippen LogP contribution < -0.4 is 21.1 Å². The second kappa shape index (κ2) is 8.89. The minimum atomic E-state index is -0.607. The third-order valence-corrected chi connectivity index (χ3v) is 3.54. The van der Waals surface area contributed by atoms with Crippen molar-refractivity contribution in [2.24, 2.45) is 5.73 Å². The quantitative estimate of drug-likeness (QED) is 0.521. The molecule has 4 N–H and O–H groups in total. The number of ether oxygens (including phenoxy) is 1. The first kappa shape index (κ1) is 18.5. The number of para-hydroxylation sites is 1. The summed E-state index contributed by atoms with van der Waals surface area (Å²) in [5.41, 5.74) is 6.71. The van der Waals surface area contributed by atoms with Crippen LogP contribution >= 0.6 is 0 Å². The van der Waals surface area contributed by atoms with Crippen LogP contribution in [0.2, 0.25) is 0 Å². The van der Waals surface area contributed by atoms with E-state index < -0.39 is 11.8 Å². The number of nitrogens with one attached hydrogen (secondary N) is 2. The van der Waals surface area contributed by atoms with Crippen LogP contribution in [0.1, 0.15) is 15.9 Å². The van der Waals surface area contributed by atoms with E-state index in [1.54, 1.807) is 43.5 Å². The highest BCUT2D eigenvalue weighted by Gasteiger charge is 2.10. The molecule has 132 valence electrons. The Morgan fingerprint density at radius 1 is 1.19 bits per heavy atom. The van der Waals surface area contributed by atoms with Gasteiger partial charge in [-0.1, -0.05) is 24.3 Å². The third-order valence-electron chi connectivity index (χ3n) is 3.54. The van der Waals surface area contributed by atoms with Crippen molar-refractivity contribution < 1.29 is 14.3 Å². The van der Waals surface area contributed by atoms with Crippen LogP contribution in [0.15, 0.2) is 60.3 Å². The Balaban J connectivity index is 2.03. The molecule has 2 aromatic rings. The van der Waals surface area contributed by atoms with Crippen LogP contribution in [0.25, 0.3) is 0 Å². The Labute approximate surface area is 151 Å². The zero-order valence-electron chi connectivity index (χ0n) is 14.2. The van der Waals surface area contributed by atoms with Gasteiger partial charge in [-0.3, -0.25) is 9.59 Å². The lowest BCUT2D eigenvalue weighted by molar-refractivity contribution is -0.117. The minimum absolute atomic E-state index is 0.127. The number of hydrogen-bond donors (Lipinski definition) is 3. The van der Waals surface area contributed by atoms with Crippen LogP contribution in [0.4, 0.5) is 5.69 Å². The number of carbonyl (C=O) groups excluding carboxylic acids is 2. The lowest BCUT2D eigenvalue weighted by Crippen LogP contribution is -2.24. The van der Waals surface area contributed by atoms with E-state index in [1.807, 2.05) is 18.2 Å². The number of nitrogens with two attached hydrogens (primary N) is 1. The van der Waals surface area contributed by atoms with Gasteiger partial charge in [-0.05, 0) is 29.8 Å². The summed E-state index contributed by atoms with van der Waals surface area (Å²) in [6, 6.07) is 15.6. The first-order valence-electron chi connectivity index (χ1n) is 7.72. The highest BCUT2D eigenvalue weighted by atomic mass is 16.5. The van der Waals surface area contributed by atoms with Crippen molar-refractivity contribution in [2.75, 3.05) is 12.4 Å². The molecule has 0 saturated carbocycles. The molecule has 7 heteroatoms. The Morgan fingerprint density at radius 2 is 1.88 bits per heavy atom. The predicted molar refractivity (Wildman–Crippen MR) is 97.1 cm³/mol. The predicted octanol–water partition coefficient (Wildman–Crippen LogP) is 1.93. The van der Waals surface area contributed by atoms with Gasteiger partial charge in [0.05, 0.1) is 18.4 Å². The monoisotopic (exact) mass is 350 g/mol. The van der Waals surface area contributed by atoms with E-state index in [2.05, 4.69) is 10.6 Å². The summed E-state index contributed by atoms with van der Waals surface area (Å²) in [5.74, 6) is -0.425. The van der Waals surface area contributed by atoms with Crippen molar-refractivity contribution in [3.05, 3.63) is 71.4 Å². The van der Waals surface area contributed by atoms with Gasteiger partial charge >= 0.3 is 0 Å². The van der Waals surface area contributed by atoms with Gasteiger partial charge < -0.3 is 21.1 Å². The number of amides is 2. The number of benzene rings is 2. The van der Waals surface area contributed by atoms with Gasteiger partial charge in [0.25, 0.3) is 11.8 Å². The molecule has 0 atom stereocenters. The molecule has 0 radical (unpaired) electrons. The Hall–Kier alpha value is -3.79. The molecule has 26 heavy (non-hydrogen) atoms. The van der Waals surface area contributed by atoms with E-state index in [0.717, 1.165) is 11.3 Å². The average Bonchev–Trinajstić information content (AvgIpc) is 2.67. The Morgan fingerprint density at radius 3 is 2.50 bits per heavy atom. The molecule has 7 nitrogen and oxygen atoms in total. The van der Waals surface area contributed by atoms with Gasteiger partial charge in [0.2, 0.25) is 0 Å². The van der Waals surface area contributed by atoms with E-state index in [9.17, 15) is 14.9 Å². The van der Waals surface area contributed by atoms with Gasteiger partial charge in [-0.25, -0.2) is 0 Å². The van der Waals surface area contributed by atoms with Crippen molar-refractivity contribution in [1.29, 1.82) is 5.26 Å². The van der Waals surface area contributed by atoms with Gasteiger partial charge in [0.1, 0.15) is 17.4 Å². The molecule has 2 amide bonds. The summed E-state index contributed by atoms with van der Waals surface area (Å²) >= 11 is 0. The SMILES string of the molecule is COc1ccc(CNC(=O)/C(C#N)=C\Nc2ccccc2C(N)=O)cc1. The molecule has 0 saturated heterocycles. The topological polar surface area (TPSA) is 117 Å². The first-order valence-corrected chi connectivity index (χ1v) is 7.72. The fourth-order valence-corrected chi connectivity index (χ4v) is 2.14. The molecule has 0 fully saturated rings. The minimum Gasteiger partial charge on any atom is -0.497 e. The molecule has 2 aromatic carbocycles. The number of rotatable bonds is 7. The van der Waals surface area contributed by atoms with Crippen LogP contribution in [-0.4, -0.2) is 18.9 Å². The number of carbonyl (C=O) groups is 2. The molecular weight excluding hydrogens is 332 g/mol. The van der Waals surface area contributed by atoms with Gasteiger partial charge in [0, 0.05) is 12.7 Å². The van der Waals surface area contributed by atoms with Crippen LogP contribution in [0.5, 0.6) is 5.75 Å². The number of methoxy groups -OCH3 is 1. The maximum atomic E-state index is 12.2. The molecule has 0 unspecified atom stereocenters. The maximum Gasteiger partial charge on any atom is 0.263 e. The second-order valence-corrected chi connectivity index (χ2v) is 5.25. The molecule has 0 aliphatic rings. The molecule has 0 bridgehead atoms. The summed E-state index contributed by atoms with van der Waals surface area (Å²) in [6.07, 6.45) is 1.24. The maximum absolute atomic E-state index is 12.2. The molecule has 0 aliphatic heterocycles. The Kier molecular flexibility index (Phi) is 6.34. The number of anilines is 1. The lowest BCUT2D eigenvalue weighted by atomic mass is 10.1. The van der Waals surface area contributed by atoms with Gasteiger partial charge in [0.15, 0.2) is 0 Å². The summed E-state index contributed by atoms with van der Waals surface area (Å²) in [5, 5.41) is 14.6. The van der Waals surface area contributed by atoms with E-state index in [1.165, 1.54) is 6.20 Å². The first-order chi connectivity index (χ1) is 12.5. The third kappa shape index (κ3) is 4.85. The summed E-state index contributed by atoms with van der Waals surface area (Å²) < 4.78 is 5.07. The van der Waals surface area contributed by atoms with Crippen LogP contribution in [-0.2, 0) is 11.3 Å². The van der Waals surface area contributed by atoms with E-state index in [-0.39, 0.29) is 17.7 Å². The number of nitriles is 1. The molecule has 0 spiro atoms. The number of hydrogen-bond acceptors (Lipinski definition) is 5. The normalized spacial score (nSPS) is 10.5. The van der Waals surface area contributed by atoms with Crippen molar-refractivity contribution in [3.8, 4) is 11.8 Å². The van der Waals surface area contributed by atoms with Gasteiger partial charge in [-0.15, -0.1) is 0 Å².